The first kappa shape index (κ1) is 6.47. The van der Waals surface area contributed by atoms with E-state index in [2.05, 4.69) is 6.92 Å². The molecular weight excluding hydrogens is 136 g/mol. The maximum atomic E-state index is 5.54. The summed E-state index contributed by atoms with van der Waals surface area (Å²) < 4.78 is 5.54. The van der Waals surface area contributed by atoms with Crippen LogP contribution in [0.25, 0.3) is 0 Å². The van der Waals surface area contributed by atoms with E-state index in [-0.39, 0.29) is 0 Å². The van der Waals surface area contributed by atoms with E-state index in [4.69, 9.17) is 4.74 Å². The van der Waals surface area contributed by atoms with E-state index in [1.165, 1.54) is 25.7 Å². The Kier molecular flexibility index (Phi) is 1.07. The van der Waals surface area contributed by atoms with Gasteiger partial charge in [-0.3, -0.25) is 0 Å². The molecule has 11 heavy (non-hydrogen) atoms. The van der Waals surface area contributed by atoms with Gasteiger partial charge < -0.3 is 4.74 Å². The summed E-state index contributed by atoms with van der Waals surface area (Å²) in [5.41, 5.74) is 0.433. The molecule has 0 N–H and O–H groups in total. The van der Waals surface area contributed by atoms with Crippen LogP contribution in [0.15, 0.2) is 0 Å². The fourth-order valence-corrected chi connectivity index (χ4v) is 2.78. The van der Waals surface area contributed by atoms with Gasteiger partial charge >= 0.3 is 0 Å². The third kappa shape index (κ3) is 0.868. The van der Waals surface area contributed by atoms with E-state index in [0.29, 0.717) is 5.60 Å². The van der Waals surface area contributed by atoms with Crippen molar-refractivity contribution in [2.24, 2.45) is 17.8 Å². The van der Waals surface area contributed by atoms with Gasteiger partial charge in [-0.1, -0.05) is 19.8 Å². The Labute approximate surface area is 68.1 Å². The van der Waals surface area contributed by atoms with Crippen molar-refractivity contribution in [3.8, 4) is 0 Å². The van der Waals surface area contributed by atoms with Crippen molar-refractivity contribution in [3.05, 3.63) is 0 Å². The first-order valence-corrected chi connectivity index (χ1v) is 4.94. The van der Waals surface area contributed by atoms with Gasteiger partial charge in [-0.25, -0.2) is 0 Å². The molecule has 0 bridgehead atoms. The third-order valence-electron chi connectivity index (χ3n) is 3.83. The normalized spacial score (nSPS) is 54.3. The van der Waals surface area contributed by atoms with Crippen LogP contribution in [-0.2, 0) is 4.74 Å². The molecule has 0 aromatic carbocycles. The van der Waals surface area contributed by atoms with E-state index in [1.807, 2.05) is 0 Å². The van der Waals surface area contributed by atoms with Crippen LogP contribution in [-0.4, -0.2) is 12.2 Å². The smallest absolute Gasteiger partial charge is 0.0949 e. The maximum Gasteiger partial charge on any atom is 0.0949 e. The average Bonchev–Trinajstić information content (AvgIpc) is 2.79. The fraction of sp³-hybridized carbons (Fsp3) is 1.00. The van der Waals surface area contributed by atoms with Crippen molar-refractivity contribution in [2.45, 2.75) is 38.2 Å². The van der Waals surface area contributed by atoms with Crippen LogP contribution in [0.4, 0.5) is 0 Å². The highest BCUT2D eigenvalue weighted by molar-refractivity contribution is 5.10. The molecule has 1 nitrogen and oxygen atoms in total. The number of rotatable bonds is 2. The van der Waals surface area contributed by atoms with Crippen molar-refractivity contribution in [1.82, 2.24) is 0 Å². The van der Waals surface area contributed by atoms with Gasteiger partial charge in [-0.2, -0.15) is 0 Å². The zero-order valence-corrected chi connectivity index (χ0v) is 7.18. The summed E-state index contributed by atoms with van der Waals surface area (Å²) in [6, 6.07) is 0. The molecule has 3 fully saturated rings. The lowest BCUT2D eigenvalue weighted by atomic mass is 9.63. The molecule has 3 unspecified atom stereocenters. The van der Waals surface area contributed by atoms with Gasteiger partial charge in [0.05, 0.1) is 12.2 Å². The minimum atomic E-state index is 0.433. The van der Waals surface area contributed by atoms with E-state index in [1.54, 1.807) is 0 Å². The summed E-state index contributed by atoms with van der Waals surface area (Å²) >= 11 is 0. The molecule has 3 aliphatic rings. The molecule has 2 aliphatic carbocycles. The molecule has 2 saturated carbocycles. The van der Waals surface area contributed by atoms with Crippen LogP contribution in [0, 0.1) is 17.8 Å². The molecule has 1 heteroatoms. The predicted molar refractivity (Wildman–Crippen MR) is 43.3 cm³/mol. The Balaban J connectivity index is 1.65. The predicted octanol–water partition coefficient (Wildman–Crippen LogP) is 2.21. The number of epoxide rings is 1. The minimum absolute atomic E-state index is 0.433. The molecule has 3 atom stereocenters. The minimum Gasteiger partial charge on any atom is -0.369 e. The monoisotopic (exact) mass is 152 g/mol. The van der Waals surface area contributed by atoms with Crippen molar-refractivity contribution in [1.29, 1.82) is 0 Å². The second-order valence-electron chi connectivity index (χ2n) is 4.82. The van der Waals surface area contributed by atoms with Crippen LogP contribution < -0.4 is 0 Å². The highest BCUT2D eigenvalue weighted by atomic mass is 16.6. The van der Waals surface area contributed by atoms with Crippen molar-refractivity contribution in [2.75, 3.05) is 6.61 Å². The SMILES string of the molecule is CC1CC2(CO2)C1CC1CC1. The average molecular weight is 152 g/mol. The van der Waals surface area contributed by atoms with Crippen LogP contribution in [0.2, 0.25) is 0 Å². The first-order chi connectivity index (χ1) is 5.30. The standard InChI is InChI=1S/C10H16O/c1-7-5-10(6-11-10)9(7)4-8-2-3-8/h7-9H,2-6H2,1H3. The fourth-order valence-electron chi connectivity index (χ4n) is 2.78. The number of hydrogen-bond donors (Lipinski definition) is 0. The summed E-state index contributed by atoms with van der Waals surface area (Å²) in [5, 5.41) is 0. The molecule has 1 heterocycles. The second-order valence-corrected chi connectivity index (χ2v) is 4.82. The summed E-state index contributed by atoms with van der Waals surface area (Å²) in [6.07, 6.45) is 5.82. The number of ether oxygens (including phenoxy) is 1. The molecule has 1 spiro atoms. The van der Waals surface area contributed by atoms with Gasteiger partial charge in [0, 0.05) is 0 Å². The summed E-state index contributed by atoms with van der Waals surface area (Å²) in [6.45, 7) is 3.47. The molecule has 62 valence electrons. The molecule has 1 saturated heterocycles. The van der Waals surface area contributed by atoms with Crippen LogP contribution >= 0.6 is 0 Å². The molecule has 0 aromatic heterocycles. The van der Waals surface area contributed by atoms with Crippen molar-refractivity contribution >= 4 is 0 Å². The first-order valence-electron chi connectivity index (χ1n) is 4.94. The summed E-state index contributed by atoms with van der Waals surface area (Å²) in [4.78, 5) is 0. The van der Waals surface area contributed by atoms with E-state index in [9.17, 15) is 0 Å². The highest BCUT2D eigenvalue weighted by Gasteiger charge is 2.62. The third-order valence-corrected chi connectivity index (χ3v) is 3.83. The molecule has 0 radical (unpaired) electrons. The topological polar surface area (TPSA) is 12.5 Å². The Morgan fingerprint density at radius 2 is 2.18 bits per heavy atom. The largest absolute Gasteiger partial charge is 0.369 e. The highest BCUT2D eigenvalue weighted by Crippen LogP contribution is 2.58. The molecule has 3 rings (SSSR count). The lowest BCUT2D eigenvalue weighted by Gasteiger charge is -2.41. The molecule has 0 amide bonds. The van der Waals surface area contributed by atoms with Gasteiger partial charge in [0.1, 0.15) is 0 Å². The van der Waals surface area contributed by atoms with Crippen molar-refractivity contribution in [3.63, 3.8) is 0 Å². The zero-order valence-electron chi connectivity index (χ0n) is 7.18. The zero-order chi connectivity index (χ0) is 7.47. The van der Waals surface area contributed by atoms with Gasteiger partial charge in [0.15, 0.2) is 0 Å². The quantitative estimate of drug-likeness (QED) is 0.553. The van der Waals surface area contributed by atoms with Crippen molar-refractivity contribution < 1.29 is 4.74 Å². The number of hydrogen-bond acceptors (Lipinski definition) is 1. The van der Waals surface area contributed by atoms with Crippen LogP contribution in [0.1, 0.15) is 32.6 Å². The molecular formula is C10H16O. The Morgan fingerprint density at radius 1 is 1.45 bits per heavy atom. The second kappa shape index (κ2) is 1.82. The Morgan fingerprint density at radius 3 is 2.64 bits per heavy atom. The summed E-state index contributed by atoms with van der Waals surface area (Å²) in [5.74, 6) is 2.98. The maximum absolute atomic E-state index is 5.54. The van der Waals surface area contributed by atoms with Gasteiger partial charge in [-0.05, 0) is 30.6 Å². The van der Waals surface area contributed by atoms with Gasteiger partial charge in [0.25, 0.3) is 0 Å². The van der Waals surface area contributed by atoms with E-state index < -0.39 is 0 Å². The van der Waals surface area contributed by atoms with Crippen LogP contribution in [0.3, 0.4) is 0 Å². The Hall–Kier alpha value is -0.0400. The van der Waals surface area contributed by atoms with Crippen LogP contribution in [0.5, 0.6) is 0 Å². The molecule has 1 aliphatic heterocycles. The van der Waals surface area contributed by atoms with E-state index >= 15 is 0 Å². The summed E-state index contributed by atoms with van der Waals surface area (Å²) in [7, 11) is 0. The van der Waals surface area contributed by atoms with E-state index in [0.717, 1.165) is 24.4 Å². The van der Waals surface area contributed by atoms with Gasteiger partial charge in [-0.15, -0.1) is 0 Å². The lowest BCUT2D eigenvalue weighted by molar-refractivity contribution is 0.0301. The lowest BCUT2D eigenvalue weighted by Crippen LogP contribution is -2.43. The van der Waals surface area contributed by atoms with Gasteiger partial charge in [0.2, 0.25) is 0 Å². The Bertz CT molecular complexity index is 179. The molecule has 0 aromatic rings.